The molecule has 6 heteroatoms. The SMILES string of the molecule is OCc1cccc(-c2ncc(-c3cccc(C(F)(F)F)c3)[nH]2)c1. The fraction of sp³-hybridized carbons (Fsp3) is 0.118. The van der Waals surface area contributed by atoms with Crippen LogP contribution in [0.15, 0.2) is 54.7 Å². The van der Waals surface area contributed by atoms with Crippen LogP contribution in [0.25, 0.3) is 22.6 Å². The third-order valence-electron chi connectivity index (χ3n) is 3.46. The van der Waals surface area contributed by atoms with Crippen molar-refractivity contribution in [1.29, 1.82) is 0 Å². The molecule has 0 aliphatic rings. The van der Waals surface area contributed by atoms with Crippen LogP contribution in [0.1, 0.15) is 11.1 Å². The lowest BCUT2D eigenvalue weighted by Crippen LogP contribution is -2.04. The number of hydrogen-bond donors (Lipinski definition) is 2. The summed E-state index contributed by atoms with van der Waals surface area (Å²) in [4.78, 5) is 7.23. The van der Waals surface area contributed by atoms with Crippen LogP contribution >= 0.6 is 0 Å². The van der Waals surface area contributed by atoms with Crippen molar-refractivity contribution in [3.05, 3.63) is 65.9 Å². The smallest absolute Gasteiger partial charge is 0.392 e. The van der Waals surface area contributed by atoms with Crippen molar-refractivity contribution in [1.82, 2.24) is 9.97 Å². The van der Waals surface area contributed by atoms with E-state index >= 15 is 0 Å². The van der Waals surface area contributed by atoms with Gasteiger partial charge in [-0.25, -0.2) is 4.98 Å². The number of nitrogens with zero attached hydrogens (tertiary/aromatic N) is 1. The number of halogens is 3. The van der Waals surface area contributed by atoms with Crippen LogP contribution in [-0.4, -0.2) is 15.1 Å². The zero-order valence-electron chi connectivity index (χ0n) is 11.9. The summed E-state index contributed by atoms with van der Waals surface area (Å²) in [7, 11) is 0. The van der Waals surface area contributed by atoms with E-state index in [4.69, 9.17) is 5.11 Å². The number of hydrogen-bond acceptors (Lipinski definition) is 2. The Labute approximate surface area is 130 Å². The van der Waals surface area contributed by atoms with Crippen molar-refractivity contribution in [2.45, 2.75) is 12.8 Å². The van der Waals surface area contributed by atoms with E-state index in [1.807, 2.05) is 6.07 Å². The number of aliphatic hydroxyl groups excluding tert-OH is 1. The molecule has 0 unspecified atom stereocenters. The molecule has 0 aliphatic heterocycles. The molecule has 0 saturated heterocycles. The number of alkyl halides is 3. The normalized spacial score (nSPS) is 11.7. The van der Waals surface area contributed by atoms with E-state index in [1.54, 1.807) is 24.3 Å². The van der Waals surface area contributed by atoms with Gasteiger partial charge in [0.2, 0.25) is 0 Å². The van der Waals surface area contributed by atoms with E-state index < -0.39 is 11.7 Å². The van der Waals surface area contributed by atoms with Gasteiger partial charge in [0.1, 0.15) is 5.82 Å². The number of benzene rings is 2. The summed E-state index contributed by atoms with van der Waals surface area (Å²) >= 11 is 0. The van der Waals surface area contributed by atoms with Gasteiger partial charge < -0.3 is 10.1 Å². The highest BCUT2D eigenvalue weighted by Crippen LogP contribution is 2.32. The van der Waals surface area contributed by atoms with Crippen LogP contribution in [0.3, 0.4) is 0 Å². The molecule has 0 bridgehead atoms. The van der Waals surface area contributed by atoms with Gasteiger partial charge in [-0.3, -0.25) is 0 Å². The van der Waals surface area contributed by atoms with E-state index in [9.17, 15) is 13.2 Å². The van der Waals surface area contributed by atoms with Gasteiger partial charge in [-0.05, 0) is 23.8 Å². The molecule has 2 N–H and O–H groups in total. The zero-order chi connectivity index (χ0) is 16.4. The number of rotatable bonds is 3. The molecular weight excluding hydrogens is 305 g/mol. The van der Waals surface area contributed by atoms with Gasteiger partial charge in [-0.1, -0.05) is 30.3 Å². The lowest BCUT2D eigenvalue weighted by Gasteiger charge is -2.07. The lowest BCUT2D eigenvalue weighted by molar-refractivity contribution is -0.137. The van der Waals surface area contributed by atoms with Crippen LogP contribution in [0.5, 0.6) is 0 Å². The standard InChI is InChI=1S/C17H13F3N2O/c18-17(19,20)14-6-2-4-12(8-14)15-9-21-16(22-15)13-5-1-3-11(7-13)10-23/h1-9,23H,10H2,(H,21,22). The van der Waals surface area contributed by atoms with Crippen molar-refractivity contribution < 1.29 is 18.3 Å². The molecule has 0 spiro atoms. The molecule has 3 rings (SSSR count). The molecule has 2 aromatic carbocycles. The third kappa shape index (κ3) is 3.27. The second-order valence-electron chi connectivity index (χ2n) is 5.08. The minimum Gasteiger partial charge on any atom is -0.392 e. The third-order valence-corrected chi connectivity index (χ3v) is 3.46. The summed E-state index contributed by atoms with van der Waals surface area (Å²) in [5.41, 5.74) is 1.71. The summed E-state index contributed by atoms with van der Waals surface area (Å²) in [5, 5.41) is 9.16. The topological polar surface area (TPSA) is 48.9 Å². The Kier molecular flexibility index (Phi) is 3.92. The highest BCUT2D eigenvalue weighted by Gasteiger charge is 2.30. The summed E-state index contributed by atoms with van der Waals surface area (Å²) in [6, 6.07) is 12.2. The molecule has 3 nitrogen and oxygen atoms in total. The number of imidazole rings is 1. The van der Waals surface area contributed by atoms with Crippen LogP contribution in [0.2, 0.25) is 0 Å². The largest absolute Gasteiger partial charge is 0.416 e. The number of aromatic amines is 1. The Balaban J connectivity index is 1.96. The molecule has 23 heavy (non-hydrogen) atoms. The minimum absolute atomic E-state index is 0.0883. The quantitative estimate of drug-likeness (QED) is 0.758. The molecule has 1 heterocycles. The maximum Gasteiger partial charge on any atom is 0.416 e. The van der Waals surface area contributed by atoms with Crippen molar-refractivity contribution in [3.8, 4) is 22.6 Å². The van der Waals surface area contributed by atoms with Crippen LogP contribution in [0, 0.1) is 0 Å². The van der Waals surface area contributed by atoms with Crippen molar-refractivity contribution in [3.63, 3.8) is 0 Å². The van der Waals surface area contributed by atoms with Crippen molar-refractivity contribution in [2.24, 2.45) is 0 Å². The van der Waals surface area contributed by atoms with Gasteiger partial charge in [-0.15, -0.1) is 0 Å². The molecular formula is C17H13F3N2O. The minimum atomic E-state index is -4.38. The predicted octanol–water partition coefficient (Wildman–Crippen LogP) is 4.25. The van der Waals surface area contributed by atoms with Crippen molar-refractivity contribution >= 4 is 0 Å². The monoisotopic (exact) mass is 318 g/mol. The van der Waals surface area contributed by atoms with Crippen LogP contribution in [-0.2, 0) is 12.8 Å². The van der Waals surface area contributed by atoms with Gasteiger partial charge in [0.15, 0.2) is 0 Å². The van der Waals surface area contributed by atoms with Gasteiger partial charge in [0, 0.05) is 11.1 Å². The van der Waals surface area contributed by atoms with Gasteiger partial charge in [0.05, 0.1) is 24.1 Å². The molecule has 0 saturated carbocycles. The first-order valence-corrected chi connectivity index (χ1v) is 6.90. The summed E-state index contributed by atoms with van der Waals surface area (Å²) in [5.74, 6) is 0.535. The van der Waals surface area contributed by atoms with Crippen LogP contribution < -0.4 is 0 Å². The Hall–Kier alpha value is -2.60. The maximum absolute atomic E-state index is 12.8. The highest BCUT2D eigenvalue weighted by molar-refractivity contribution is 5.65. The van der Waals surface area contributed by atoms with Crippen molar-refractivity contribution in [2.75, 3.05) is 0 Å². The highest BCUT2D eigenvalue weighted by atomic mass is 19.4. The molecule has 0 atom stereocenters. The number of aliphatic hydroxyl groups is 1. The van der Waals surface area contributed by atoms with Gasteiger partial charge >= 0.3 is 6.18 Å². The first kappa shape index (κ1) is 15.3. The number of H-pyrrole nitrogens is 1. The lowest BCUT2D eigenvalue weighted by atomic mass is 10.1. The molecule has 118 valence electrons. The Morgan fingerprint density at radius 3 is 2.48 bits per heavy atom. The second-order valence-corrected chi connectivity index (χ2v) is 5.08. The Morgan fingerprint density at radius 1 is 1.00 bits per heavy atom. The zero-order valence-corrected chi connectivity index (χ0v) is 11.9. The molecule has 0 radical (unpaired) electrons. The summed E-state index contributed by atoms with van der Waals surface area (Å²) in [6.07, 6.45) is -2.88. The molecule has 3 aromatic rings. The first-order valence-electron chi connectivity index (χ1n) is 6.90. The van der Waals surface area contributed by atoms with Gasteiger partial charge in [0.25, 0.3) is 0 Å². The van der Waals surface area contributed by atoms with E-state index in [0.717, 1.165) is 23.3 Å². The average Bonchev–Trinajstić information content (AvgIpc) is 3.04. The Bertz CT molecular complexity index is 824. The summed E-state index contributed by atoms with van der Waals surface area (Å²) < 4.78 is 38.4. The molecule has 0 fully saturated rings. The fourth-order valence-corrected chi connectivity index (χ4v) is 2.29. The molecule has 0 amide bonds. The predicted molar refractivity (Wildman–Crippen MR) is 80.4 cm³/mol. The van der Waals surface area contributed by atoms with Gasteiger partial charge in [-0.2, -0.15) is 13.2 Å². The molecule has 0 aliphatic carbocycles. The first-order chi connectivity index (χ1) is 11.0. The van der Waals surface area contributed by atoms with E-state index in [1.165, 1.54) is 12.3 Å². The van der Waals surface area contributed by atoms with E-state index in [-0.39, 0.29) is 6.61 Å². The maximum atomic E-state index is 12.8. The second kappa shape index (κ2) is 5.89. The van der Waals surface area contributed by atoms with Crippen LogP contribution in [0.4, 0.5) is 13.2 Å². The van der Waals surface area contributed by atoms with E-state index in [0.29, 0.717) is 17.1 Å². The average molecular weight is 318 g/mol. The molecule has 1 aromatic heterocycles. The summed E-state index contributed by atoms with van der Waals surface area (Å²) in [6.45, 7) is -0.0883. The number of nitrogens with one attached hydrogen (secondary N) is 1. The fourth-order valence-electron chi connectivity index (χ4n) is 2.29. The number of aromatic nitrogens is 2. The van der Waals surface area contributed by atoms with E-state index in [2.05, 4.69) is 9.97 Å². The Morgan fingerprint density at radius 2 is 1.74 bits per heavy atom.